The standard InChI is InChI=1S/C11H11NO5/c1-15-11(14)6-16-7-2-3-9-8(4-7)12-10(13)5-17-9/h2-4H,5-6H2,1H3,(H,12,13). The maximum Gasteiger partial charge on any atom is 0.343 e. The molecule has 2 rings (SSSR count). The van der Waals surface area contributed by atoms with Crippen LogP contribution < -0.4 is 14.8 Å². The van der Waals surface area contributed by atoms with Crippen molar-refractivity contribution in [3.05, 3.63) is 18.2 Å². The normalized spacial score (nSPS) is 13.1. The number of methoxy groups -OCH3 is 1. The molecule has 1 heterocycles. The molecule has 0 atom stereocenters. The lowest BCUT2D eigenvalue weighted by Crippen LogP contribution is -2.25. The third kappa shape index (κ3) is 2.66. The molecule has 17 heavy (non-hydrogen) atoms. The van der Waals surface area contributed by atoms with E-state index in [9.17, 15) is 9.59 Å². The van der Waals surface area contributed by atoms with Crippen molar-refractivity contribution >= 4 is 17.6 Å². The highest BCUT2D eigenvalue weighted by Crippen LogP contribution is 2.31. The molecule has 0 saturated carbocycles. The number of fused-ring (bicyclic) bond motifs is 1. The fourth-order valence-electron chi connectivity index (χ4n) is 1.35. The molecule has 1 aliphatic rings. The van der Waals surface area contributed by atoms with Gasteiger partial charge in [-0.05, 0) is 12.1 Å². The van der Waals surface area contributed by atoms with Crippen LogP contribution in [0.4, 0.5) is 5.69 Å². The van der Waals surface area contributed by atoms with Crippen LogP contribution in [0.1, 0.15) is 0 Å². The number of anilines is 1. The Morgan fingerprint density at radius 1 is 1.53 bits per heavy atom. The topological polar surface area (TPSA) is 73.9 Å². The van der Waals surface area contributed by atoms with Crippen LogP contribution in [0.25, 0.3) is 0 Å². The van der Waals surface area contributed by atoms with E-state index in [2.05, 4.69) is 10.1 Å². The van der Waals surface area contributed by atoms with Gasteiger partial charge in [-0.2, -0.15) is 0 Å². The maximum atomic E-state index is 11.1. The third-order valence-corrected chi connectivity index (χ3v) is 2.17. The summed E-state index contributed by atoms with van der Waals surface area (Å²) in [5.74, 6) is 0.348. The van der Waals surface area contributed by atoms with Gasteiger partial charge < -0.3 is 19.5 Å². The molecule has 1 aromatic carbocycles. The Morgan fingerprint density at radius 2 is 2.35 bits per heavy atom. The third-order valence-electron chi connectivity index (χ3n) is 2.17. The number of hydrogen-bond acceptors (Lipinski definition) is 5. The summed E-state index contributed by atoms with van der Waals surface area (Å²) in [4.78, 5) is 22.0. The Balaban J connectivity index is 2.07. The first kappa shape index (κ1) is 11.3. The quantitative estimate of drug-likeness (QED) is 0.778. The summed E-state index contributed by atoms with van der Waals surface area (Å²) in [6.07, 6.45) is 0. The molecule has 1 N–H and O–H groups in total. The second-order valence-corrected chi connectivity index (χ2v) is 3.36. The van der Waals surface area contributed by atoms with Gasteiger partial charge in [0.05, 0.1) is 12.8 Å². The van der Waals surface area contributed by atoms with E-state index in [1.807, 2.05) is 0 Å². The number of hydrogen-bond donors (Lipinski definition) is 1. The number of amides is 1. The fourth-order valence-corrected chi connectivity index (χ4v) is 1.35. The molecule has 0 fully saturated rings. The molecule has 0 aliphatic carbocycles. The Bertz CT molecular complexity index is 457. The Kier molecular flexibility index (Phi) is 3.13. The monoisotopic (exact) mass is 237 g/mol. The zero-order valence-corrected chi connectivity index (χ0v) is 9.19. The predicted molar refractivity (Wildman–Crippen MR) is 58.1 cm³/mol. The van der Waals surface area contributed by atoms with Crippen molar-refractivity contribution in [1.82, 2.24) is 0 Å². The SMILES string of the molecule is COC(=O)COc1ccc2c(c1)NC(=O)CO2. The average molecular weight is 237 g/mol. The minimum Gasteiger partial charge on any atom is -0.482 e. The van der Waals surface area contributed by atoms with Crippen molar-refractivity contribution in [2.75, 3.05) is 25.6 Å². The van der Waals surface area contributed by atoms with E-state index >= 15 is 0 Å². The van der Waals surface area contributed by atoms with Crippen LogP contribution in [0.2, 0.25) is 0 Å². The molecular weight excluding hydrogens is 226 g/mol. The minimum absolute atomic E-state index is 0.00929. The van der Waals surface area contributed by atoms with Gasteiger partial charge in [0.25, 0.3) is 5.91 Å². The molecule has 0 aromatic heterocycles. The predicted octanol–water partition coefficient (Wildman–Crippen LogP) is 0.569. The molecule has 90 valence electrons. The molecule has 6 heteroatoms. The maximum absolute atomic E-state index is 11.1. The molecule has 0 radical (unpaired) electrons. The van der Waals surface area contributed by atoms with Gasteiger partial charge in [0, 0.05) is 6.07 Å². The number of esters is 1. The lowest BCUT2D eigenvalue weighted by molar-refractivity contribution is -0.142. The molecule has 0 saturated heterocycles. The van der Waals surface area contributed by atoms with Crippen molar-refractivity contribution < 1.29 is 23.8 Å². The summed E-state index contributed by atoms with van der Waals surface area (Å²) in [7, 11) is 1.28. The highest BCUT2D eigenvalue weighted by atomic mass is 16.6. The van der Waals surface area contributed by atoms with Crippen LogP contribution >= 0.6 is 0 Å². The summed E-state index contributed by atoms with van der Waals surface area (Å²) < 4.78 is 14.8. The summed E-state index contributed by atoms with van der Waals surface area (Å²) in [6.45, 7) is -0.167. The van der Waals surface area contributed by atoms with Gasteiger partial charge >= 0.3 is 5.97 Å². The zero-order valence-electron chi connectivity index (χ0n) is 9.19. The van der Waals surface area contributed by atoms with Gasteiger partial charge in [0.2, 0.25) is 0 Å². The molecule has 1 amide bonds. The highest BCUT2D eigenvalue weighted by molar-refractivity contribution is 5.95. The van der Waals surface area contributed by atoms with Crippen molar-refractivity contribution in [3.63, 3.8) is 0 Å². The number of carbonyl (C=O) groups excluding carboxylic acids is 2. The van der Waals surface area contributed by atoms with Crippen LogP contribution in [0.5, 0.6) is 11.5 Å². The second kappa shape index (κ2) is 4.73. The van der Waals surface area contributed by atoms with E-state index < -0.39 is 5.97 Å². The van der Waals surface area contributed by atoms with E-state index in [4.69, 9.17) is 9.47 Å². The number of benzene rings is 1. The average Bonchev–Trinajstić information content (AvgIpc) is 2.35. The number of rotatable bonds is 3. The molecule has 0 unspecified atom stereocenters. The van der Waals surface area contributed by atoms with E-state index in [-0.39, 0.29) is 19.1 Å². The summed E-state index contributed by atoms with van der Waals surface area (Å²) in [5.41, 5.74) is 0.531. The van der Waals surface area contributed by atoms with Gasteiger partial charge in [-0.15, -0.1) is 0 Å². The lowest BCUT2D eigenvalue weighted by Gasteiger charge is -2.18. The van der Waals surface area contributed by atoms with E-state index in [0.717, 1.165) is 0 Å². The summed E-state index contributed by atoms with van der Waals surface area (Å²) in [5, 5.41) is 2.64. The Labute approximate surface area is 97.5 Å². The first-order chi connectivity index (χ1) is 8.19. The first-order valence-electron chi connectivity index (χ1n) is 4.95. The van der Waals surface area contributed by atoms with Gasteiger partial charge in [-0.3, -0.25) is 4.79 Å². The van der Waals surface area contributed by atoms with Gasteiger partial charge in [-0.1, -0.05) is 0 Å². The number of ether oxygens (including phenoxy) is 3. The lowest BCUT2D eigenvalue weighted by atomic mass is 10.2. The first-order valence-corrected chi connectivity index (χ1v) is 4.95. The van der Waals surface area contributed by atoms with Crippen molar-refractivity contribution in [1.29, 1.82) is 0 Å². The van der Waals surface area contributed by atoms with Crippen LogP contribution in [0, 0.1) is 0 Å². The number of carbonyl (C=O) groups is 2. The molecular formula is C11H11NO5. The van der Waals surface area contributed by atoms with Gasteiger partial charge in [0.15, 0.2) is 13.2 Å². The second-order valence-electron chi connectivity index (χ2n) is 3.36. The minimum atomic E-state index is -0.469. The molecule has 0 bridgehead atoms. The number of nitrogens with one attached hydrogen (secondary N) is 1. The summed E-state index contributed by atoms with van der Waals surface area (Å²) in [6, 6.07) is 4.91. The zero-order chi connectivity index (χ0) is 12.3. The van der Waals surface area contributed by atoms with Crippen molar-refractivity contribution in [2.24, 2.45) is 0 Å². The van der Waals surface area contributed by atoms with Crippen LogP contribution in [0.15, 0.2) is 18.2 Å². The van der Waals surface area contributed by atoms with Crippen molar-refractivity contribution in [2.45, 2.75) is 0 Å². The molecule has 6 nitrogen and oxygen atoms in total. The van der Waals surface area contributed by atoms with Crippen molar-refractivity contribution in [3.8, 4) is 11.5 Å². The van der Waals surface area contributed by atoms with Gasteiger partial charge in [-0.25, -0.2) is 4.79 Å². The highest BCUT2D eigenvalue weighted by Gasteiger charge is 2.16. The van der Waals surface area contributed by atoms with E-state index in [1.54, 1.807) is 18.2 Å². The smallest absolute Gasteiger partial charge is 0.343 e. The van der Waals surface area contributed by atoms with Crippen LogP contribution in [-0.2, 0) is 14.3 Å². The Morgan fingerprint density at radius 3 is 3.12 bits per heavy atom. The Hall–Kier alpha value is -2.24. The fraction of sp³-hybridized carbons (Fsp3) is 0.273. The molecule has 1 aromatic rings. The van der Waals surface area contributed by atoms with Gasteiger partial charge in [0.1, 0.15) is 11.5 Å². The summed E-state index contributed by atoms with van der Waals surface area (Å²) >= 11 is 0. The van der Waals surface area contributed by atoms with Crippen LogP contribution in [0.3, 0.4) is 0 Å². The van der Waals surface area contributed by atoms with E-state index in [0.29, 0.717) is 17.2 Å². The van der Waals surface area contributed by atoms with E-state index in [1.165, 1.54) is 7.11 Å². The molecule has 1 aliphatic heterocycles. The molecule has 0 spiro atoms. The van der Waals surface area contributed by atoms with Crippen LogP contribution in [-0.4, -0.2) is 32.2 Å². The largest absolute Gasteiger partial charge is 0.482 e.